The number of rotatable bonds is 5. The van der Waals surface area contributed by atoms with Crippen molar-refractivity contribution in [2.24, 2.45) is 0 Å². The number of nitrogens with zero attached hydrogens (tertiary/aromatic N) is 5. The van der Waals surface area contributed by atoms with Crippen LogP contribution in [0.3, 0.4) is 0 Å². The molecule has 2 heterocycles. The first-order chi connectivity index (χ1) is 13.9. The van der Waals surface area contributed by atoms with Crippen LogP contribution >= 0.6 is 22.9 Å². The summed E-state index contributed by atoms with van der Waals surface area (Å²) in [4.78, 5) is 30.6. The molecular weight excluding hydrogens is 406 g/mol. The highest BCUT2D eigenvalue weighted by atomic mass is 35.5. The second kappa shape index (κ2) is 8.02. The molecule has 0 fully saturated rings. The van der Waals surface area contributed by atoms with E-state index in [1.807, 2.05) is 44.1 Å². The number of aromatic nitrogens is 3. The van der Waals surface area contributed by atoms with Crippen LogP contribution in [0.4, 0.5) is 5.13 Å². The highest BCUT2D eigenvalue weighted by Gasteiger charge is 2.22. The van der Waals surface area contributed by atoms with Crippen molar-refractivity contribution in [3.8, 4) is 0 Å². The molecule has 0 aliphatic carbocycles. The molecule has 6 nitrogen and oxygen atoms in total. The lowest BCUT2D eigenvalue weighted by atomic mass is 10.1. The zero-order chi connectivity index (χ0) is 20.5. The van der Waals surface area contributed by atoms with Gasteiger partial charge < -0.3 is 4.90 Å². The van der Waals surface area contributed by atoms with E-state index in [2.05, 4.69) is 9.97 Å². The average molecular weight is 426 g/mol. The number of fused-ring (bicyclic) bond motifs is 2. The number of amides is 1. The van der Waals surface area contributed by atoms with Crippen LogP contribution in [0.1, 0.15) is 15.9 Å². The molecule has 2 aromatic carbocycles. The second-order valence-electron chi connectivity index (χ2n) is 7.09. The van der Waals surface area contributed by atoms with Crippen LogP contribution in [0.5, 0.6) is 0 Å². The topological polar surface area (TPSA) is 62.2 Å². The Labute approximate surface area is 177 Å². The molecule has 0 saturated heterocycles. The van der Waals surface area contributed by atoms with Crippen molar-refractivity contribution in [3.05, 3.63) is 58.9 Å². The third-order valence-corrected chi connectivity index (χ3v) is 5.85. The monoisotopic (exact) mass is 425 g/mol. The molecule has 0 atom stereocenters. The minimum absolute atomic E-state index is 0.109. The summed E-state index contributed by atoms with van der Waals surface area (Å²) < 4.78 is 0.969. The molecule has 2 aromatic heterocycles. The molecule has 0 radical (unpaired) electrons. The first-order valence-electron chi connectivity index (χ1n) is 9.16. The molecule has 0 N–H and O–H groups in total. The first-order valence-corrected chi connectivity index (χ1v) is 10.4. The number of likely N-dealkylation sites (N-methyl/N-ethyl adjacent to an activating group) is 1. The van der Waals surface area contributed by atoms with Crippen molar-refractivity contribution in [2.75, 3.05) is 32.1 Å². The summed E-state index contributed by atoms with van der Waals surface area (Å²) in [6, 6.07) is 9.18. The van der Waals surface area contributed by atoms with E-state index in [-0.39, 0.29) is 5.91 Å². The standard InChI is InChI=1S/C21H20ClN5OS/c1-13-10-15(22)12-18-19(13)25-21(29-18)27(9-8-26(2)3)20(28)14-4-5-16-17(11-14)24-7-6-23-16/h4-7,10-12H,8-9H2,1-3H3. The number of hydrogen-bond donors (Lipinski definition) is 0. The van der Waals surface area contributed by atoms with E-state index in [9.17, 15) is 4.79 Å². The SMILES string of the molecule is Cc1cc(Cl)cc2sc(N(CCN(C)C)C(=O)c3ccc4nccnc4c3)nc12. The van der Waals surface area contributed by atoms with Gasteiger partial charge in [-0.05, 0) is 56.9 Å². The van der Waals surface area contributed by atoms with Crippen LogP contribution < -0.4 is 4.90 Å². The largest absolute Gasteiger partial charge is 0.308 e. The van der Waals surface area contributed by atoms with E-state index >= 15 is 0 Å². The van der Waals surface area contributed by atoms with Gasteiger partial charge in [-0.1, -0.05) is 22.9 Å². The van der Waals surface area contributed by atoms with Gasteiger partial charge in [-0.15, -0.1) is 0 Å². The minimum atomic E-state index is -0.109. The number of aryl methyl sites for hydroxylation is 1. The van der Waals surface area contributed by atoms with Gasteiger partial charge in [0.15, 0.2) is 5.13 Å². The summed E-state index contributed by atoms with van der Waals surface area (Å²) in [6.45, 7) is 3.22. The molecule has 0 aliphatic heterocycles. The molecule has 148 valence electrons. The molecule has 29 heavy (non-hydrogen) atoms. The number of thiazole rings is 1. The summed E-state index contributed by atoms with van der Waals surface area (Å²) in [5.41, 5.74) is 3.88. The molecule has 0 spiro atoms. The van der Waals surface area contributed by atoms with E-state index in [1.165, 1.54) is 11.3 Å². The summed E-state index contributed by atoms with van der Waals surface area (Å²) >= 11 is 7.68. The van der Waals surface area contributed by atoms with Gasteiger partial charge in [-0.3, -0.25) is 19.7 Å². The lowest BCUT2D eigenvalue weighted by molar-refractivity contribution is 0.0985. The van der Waals surface area contributed by atoms with Crippen molar-refractivity contribution in [2.45, 2.75) is 6.92 Å². The second-order valence-corrected chi connectivity index (χ2v) is 8.53. The maximum atomic E-state index is 13.4. The fourth-order valence-electron chi connectivity index (χ4n) is 3.09. The third kappa shape index (κ3) is 4.07. The molecule has 0 aliphatic rings. The van der Waals surface area contributed by atoms with E-state index in [4.69, 9.17) is 16.6 Å². The van der Waals surface area contributed by atoms with Gasteiger partial charge in [0.25, 0.3) is 5.91 Å². The van der Waals surface area contributed by atoms with E-state index < -0.39 is 0 Å². The van der Waals surface area contributed by atoms with Crippen LogP contribution in [0, 0.1) is 6.92 Å². The Balaban J connectivity index is 1.76. The quantitative estimate of drug-likeness (QED) is 0.474. The number of halogens is 1. The van der Waals surface area contributed by atoms with Crippen LogP contribution in [0.2, 0.25) is 5.02 Å². The Morgan fingerprint density at radius 3 is 2.59 bits per heavy atom. The minimum Gasteiger partial charge on any atom is -0.308 e. The number of carbonyl (C=O) groups is 1. The van der Waals surface area contributed by atoms with Gasteiger partial charge in [0.2, 0.25) is 0 Å². The first kappa shape index (κ1) is 19.7. The van der Waals surface area contributed by atoms with Crippen LogP contribution in [0.25, 0.3) is 21.3 Å². The van der Waals surface area contributed by atoms with Gasteiger partial charge in [0.05, 0.1) is 21.3 Å². The van der Waals surface area contributed by atoms with Gasteiger partial charge in [-0.2, -0.15) is 0 Å². The smallest absolute Gasteiger partial charge is 0.260 e. The van der Waals surface area contributed by atoms with Gasteiger partial charge in [0, 0.05) is 36.1 Å². The van der Waals surface area contributed by atoms with Crippen LogP contribution in [-0.2, 0) is 0 Å². The summed E-state index contributed by atoms with van der Waals surface area (Å²) in [6.07, 6.45) is 3.27. The molecule has 1 amide bonds. The maximum absolute atomic E-state index is 13.4. The summed E-state index contributed by atoms with van der Waals surface area (Å²) in [7, 11) is 3.97. The predicted molar refractivity (Wildman–Crippen MR) is 119 cm³/mol. The van der Waals surface area contributed by atoms with Crippen LogP contribution in [-0.4, -0.2) is 52.9 Å². The summed E-state index contributed by atoms with van der Waals surface area (Å²) in [5, 5.41) is 1.33. The van der Waals surface area contributed by atoms with E-state index in [0.717, 1.165) is 27.8 Å². The molecular formula is C21H20ClN5OS. The fourth-order valence-corrected chi connectivity index (χ4v) is 4.54. The highest BCUT2D eigenvalue weighted by Crippen LogP contribution is 2.33. The molecule has 8 heteroatoms. The van der Waals surface area contributed by atoms with Crippen molar-refractivity contribution in [3.63, 3.8) is 0 Å². The molecule has 4 aromatic rings. The third-order valence-electron chi connectivity index (χ3n) is 4.60. The highest BCUT2D eigenvalue weighted by molar-refractivity contribution is 7.22. The van der Waals surface area contributed by atoms with Gasteiger partial charge in [-0.25, -0.2) is 4.98 Å². The Morgan fingerprint density at radius 1 is 1.07 bits per heavy atom. The van der Waals surface area contributed by atoms with E-state index in [0.29, 0.717) is 27.8 Å². The predicted octanol–water partition coefficient (Wildman–Crippen LogP) is 4.41. The van der Waals surface area contributed by atoms with Crippen molar-refractivity contribution in [1.82, 2.24) is 19.9 Å². The lowest BCUT2D eigenvalue weighted by Gasteiger charge is -2.22. The van der Waals surface area contributed by atoms with Gasteiger partial charge in [0.1, 0.15) is 0 Å². The number of hydrogen-bond acceptors (Lipinski definition) is 6. The Bertz CT molecular complexity index is 1210. The molecule has 0 bridgehead atoms. The van der Waals surface area contributed by atoms with E-state index in [1.54, 1.807) is 29.4 Å². The molecule has 0 saturated carbocycles. The van der Waals surface area contributed by atoms with Gasteiger partial charge >= 0.3 is 0 Å². The Morgan fingerprint density at radius 2 is 1.83 bits per heavy atom. The van der Waals surface area contributed by atoms with Crippen molar-refractivity contribution in [1.29, 1.82) is 0 Å². The van der Waals surface area contributed by atoms with Crippen LogP contribution in [0.15, 0.2) is 42.7 Å². The normalized spacial score (nSPS) is 11.5. The number of anilines is 1. The maximum Gasteiger partial charge on any atom is 0.260 e. The molecule has 4 rings (SSSR count). The zero-order valence-corrected chi connectivity index (χ0v) is 18.0. The lowest BCUT2D eigenvalue weighted by Crippen LogP contribution is -2.36. The fraction of sp³-hybridized carbons (Fsp3) is 0.238. The number of carbonyl (C=O) groups excluding carboxylic acids is 1. The zero-order valence-electron chi connectivity index (χ0n) is 16.4. The average Bonchev–Trinajstić information content (AvgIpc) is 3.11. The number of benzene rings is 2. The Kier molecular flexibility index (Phi) is 5.45. The van der Waals surface area contributed by atoms with Crippen molar-refractivity contribution >= 4 is 55.2 Å². The summed E-state index contributed by atoms with van der Waals surface area (Å²) in [5.74, 6) is -0.109. The van der Waals surface area contributed by atoms with Crippen molar-refractivity contribution < 1.29 is 4.79 Å². The molecule has 0 unspecified atom stereocenters. The Hall–Kier alpha value is -2.61.